The second-order valence-electron chi connectivity index (χ2n) is 37.5. The number of benzene rings is 21. The number of aromatic nitrogens is 15. The van der Waals surface area contributed by atoms with Crippen molar-refractivity contribution in [3.05, 3.63) is 528 Å². The number of fused-ring (bicyclic) bond motifs is 18. The number of nitrogens with zero attached hydrogens (tertiary/aromatic N) is 15. The minimum absolute atomic E-state index is 0.583. The smallest absolute Gasteiger partial charge is 0.238 e. The molecule has 30 aromatic rings. The van der Waals surface area contributed by atoms with Crippen molar-refractivity contribution in [3.8, 4) is 137 Å². The lowest BCUT2D eigenvalue weighted by Crippen LogP contribution is -2.06. The van der Waals surface area contributed by atoms with Crippen LogP contribution in [0.1, 0.15) is 0 Å². The standard InChI is InChI=1S/3C45H29N5/c1-3-15-30(16-4-1)34-24-14-25-38-37-23-9-10-26-39(37)49(42(34)38)33-20-13-19-32(29-33)44-46-43(31-17-5-2-6-18-31)47-45(48-44)50-40-27-11-7-21-35(40)36-22-8-12-28-41(36)50;1-3-14-30(15-4-1)32-26-27-42-38(29-32)37-22-9-10-23-39(37)49(42)34-19-13-18-33(28-34)44-46-43(31-16-5-2-6-17-31)47-45(48-44)50-40-24-11-7-20-35(40)36-21-8-12-25-41(36)50;1-3-14-30(15-4-1)32-26-27-38-37-22-7-10-23-39(37)49(42(38)29-32)34-19-13-18-33(28-34)44-46-43(31-16-5-2-6-17-31)47-45(48-44)50-40-24-11-8-20-35(40)36-21-9-12-25-41(36)50/h3*1-29H. The SMILES string of the molecule is c1ccc(-c2ccc3c(c2)c2ccccc2n3-c2cccc(-c3nc(-c4ccccc4)nc(-n4c5ccccc5c5ccccc54)n3)c2)cc1.c1ccc(-c2ccc3c4ccccc4n(-c4cccc(-c5nc(-c6ccccc6)nc(-n6c7ccccc7c7ccccc76)n5)c4)c3c2)cc1.c1ccc(-c2nc(-c3cccc(-n4c5ccccc5c5cccc(-c6ccccc6)c54)c3)nc(-n3c4ccccc4c4ccccc43)n2)cc1. The molecule has 0 N–H and O–H groups in total. The molecule has 0 aliphatic carbocycles. The van der Waals surface area contributed by atoms with Crippen molar-refractivity contribution in [3.63, 3.8) is 0 Å². The summed E-state index contributed by atoms with van der Waals surface area (Å²) < 4.78 is 13.5. The highest BCUT2D eigenvalue weighted by Gasteiger charge is 2.27. The van der Waals surface area contributed by atoms with Gasteiger partial charge in [-0.2, -0.15) is 29.9 Å². The van der Waals surface area contributed by atoms with E-state index in [2.05, 4.69) is 464 Å². The first-order valence-corrected chi connectivity index (χ1v) is 50.4. The molecule has 0 aliphatic heterocycles. The van der Waals surface area contributed by atoms with Crippen molar-refractivity contribution in [2.24, 2.45) is 0 Å². The van der Waals surface area contributed by atoms with Gasteiger partial charge in [-0.3, -0.25) is 13.7 Å². The molecule has 0 unspecified atom stereocenters. The number of hydrogen-bond donors (Lipinski definition) is 0. The monoisotopic (exact) mass is 1920 g/mol. The molecule has 30 rings (SSSR count). The van der Waals surface area contributed by atoms with E-state index in [0.29, 0.717) is 52.8 Å². The van der Waals surface area contributed by atoms with Gasteiger partial charge in [0.25, 0.3) is 0 Å². The Morgan fingerprint density at radius 1 is 0.113 bits per heavy atom. The second kappa shape index (κ2) is 37.0. The maximum absolute atomic E-state index is 5.22. The summed E-state index contributed by atoms with van der Waals surface area (Å²) in [6, 6.07) is 184. The molecule has 0 bridgehead atoms. The summed E-state index contributed by atoms with van der Waals surface area (Å²) in [5.74, 6) is 5.48. The van der Waals surface area contributed by atoms with Gasteiger partial charge in [0, 0.05) is 121 Å². The molecule has 0 amide bonds. The van der Waals surface area contributed by atoms with Gasteiger partial charge in [-0.15, -0.1) is 0 Å². The van der Waals surface area contributed by atoms with E-state index in [0.717, 1.165) is 143 Å². The first kappa shape index (κ1) is 87.3. The third kappa shape index (κ3) is 15.3. The zero-order valence-electron chi connectivity index (χ0n) is 80.9. The maximum Gasteiger partial charge on any atom is 0.238 e. The Balaban J connectivity index is 0.000000108. The van der Waals surface area contributed by atoms with Crippen LogP contribution in [0, 0.1) is 0 Å². The zero-order chi connectivity index (χ0) is 99.1. The fourth-order valence-corrected chi connectivity index (χ4v) is 22.0. The Hall–Kier alpha value is -20.5. The van der Waals surface area contributed by atoms with Crippen LogP contribution in [0.2, 0.25) is 0 Å². The summed E-state index contributed by atoms with van der Waals surface area (Å²) in [4.78, 5) is 46.2. The molecule has 0 saturated carbocycles. The Kier molecular flexibility index (Phi) is 21.5. The van der Waals surface area contributed by atoms with Crippen LogP contribution in [0.25, 0.3) is 267 Å². The zero-order valence-corrected chi connectivity index (χ0v) is 80.9. The summed E-state index contributed by atoms with van der Waals surface area (Å²) in [5, 5.41) is 14.3. The van der Waals surface area contributed by atoms with Gasteiger partial charge in [-0.05, 0) is 137 Å². The summed E-state index contributed by atoms with van der Waals surface area (Å²) >= 11 is 0. The van der Waals surface area contributed by atoms with Crippen LogP contribution in [-0.4, -0.2) is 72.3 Å². The molecule has 9 heterocycles. The molecule has 0 atom stereocenters. The predicted molar refractivity (Wildman–Crippen MR) is 614 cm³/mol. The molecule has 0 fully saturated rings. The largest absolute Gasteiger partial charge is 0.309 e. The minimum Gasteiger partial charge on any atom is -0.309 e. The van der Waals surface area contributed by atoms with Crippen molar-refractivity contribution in [2.75, 3.05) is 0 Å². The van der Waals surface area contributed by atoms with E-state index in [4.69, 9.17) is 44.9 Å². The van der Waals surface area contributed by atoms with Gasteiger partial charge in [0.1, 0.15) is 0 Å². The normalized spacial score (nSPS) is 11.6. The van der Waals surface area contributed by atoms with Crippen LogP contribution in [0.3, 0.4) is 0 Å². The molecular weight excluding hydrogens is 1830 g/mol. The van der Waals surface area contributed by atoms with E-state index in [-0.39, 0.29) is 0 Å². The van der Waals surface area contributed by atoms with Crippen LogP contribution >= 0.6 is 0 Å². The predicted octanol–water partition coefficient (Wildman–Crippen LogP) is 33.2. The van der Waals surface area contributed by atoms with Crippen LogP contribution in [0.5, 0.6) is 0 Å². The number of para-hydroxylation sites is 10. The summed E-state index contributed by atoms with van der Waals surface area (Å²) in [5.41, 5.74) is 29.0. The number of hydrogen-bond acceptors (Lipinski definition) is 9. The highest BCUT2D eigenvalue weighted by atomic mass is 15.2. The van der Waals surface area contributed by atoms with Crippen molar-refractivity contribution < 1.29 is 0 Å². The Morgan fingerprint density at radius 3 is 0.687 bits per heavy atom. The van der Waals surface area contributed by atoms with E-state index in [1.165, 1.54) is 71.2 Å². The molecule has 9 aromatic heterocycles. The highest BCUT2D eigenvalue weighted by molar-refractivity contribution is 6.17. The molecule has 702 valence electrons. The molecule has 21 aromatic carbocycles. The van der Waals surface area contributed by atoms with Crippen LogP contribution < -0.4 is 0 Å². The van der Waals surface area contributed by atoms with Gasteiger partial charge in [-0.25, -0.2) is 15.0 Å². The van der Waals surface area contributed by atoms with Gasteiger partial charge in [0.2, 0.25) is 17.8 Å². The Morgan fingerprint density at radius 2 is 0.340 bits per heavy atom. The van der Waals surface area contributed by atoms with Gasteiger partial charge < -0.3 is 13.7 Å². The van der Waals surface area contributed by atoms with E-state index in [9.17, 15) is 0 Å². The third-order valence-electron chi connectivity index (χ3n) is 28.7. The Labute approximate surface area is 861 Å². The Bertz CT molecular complexity index is 10300. The summed E-state index contributed by atoms with van der Waals surface area (Å²) in [6.45, 7) is 0. The highest BCUT2D eigenvalue weighted by Crippen LogP contribution is 2.45. The molecular formula is C135H87N15. The first-order valence-electron chi connectivity index (χ1n) is 50.4. The topological polar surface area (TPSA) is 146 Å². The van der Waals surface area contributed by atoms with Gasteiger partial charge in [-0.1, -0.05) is 419 Å². The maximum atomic E-state index is 5.22. The molecule has 15 heteroatoms. The van der Waals surface area contributed by atoms with E-state index in [1.54, 1.807) is 0 Å². The van der Waals surface area contributed by atoms with Crippen LogP contribution in [0.15, 0.2) is 528 Å². The van der Waals surface area contributed by atoms with E-state index >= 15 is 0 Å². The van der Waals surface area contributed by atoms with Crippen molar-refractivity contribution in [1.82, 2.24) is 72.3 Å². The van der Waals surface area contributed by atoms with E-state index in [1.807, 2.05) is 91.0 Å². The van der Waals surface area contributed by atoms with Gasteiger partial charge in [0.15, 0.2) is 34.9 Å². The van der Waals surface area contributed by atoms with Crippen molar-refractivity contribution >= 4 is 131 Å². The lowest BCUT2D eigenvalue weighted by atomic mass is 10.0. The third-order valence-corrected chi connectivity index (χ3v) is 28.7. The fourth-order valence-electron chi connectivity index (χ4n) is 22.0. The molecule has 0 aliphatic rings. The summed E-state index contributed by atoms with van der Waals surface area (Å²) in [7, 11) is 0. The lowest BCUT2D eigenvalue weighted by Gasteiger charge is -2.14. The van der Waals surface area contributed by atoms with Gasteiger partial charge in [0.05, 0.1) is 66.2 Å². The molecule has 0 spiro atoms. The second-order valence-corrected chi connectivity index (χ2v) is 37.5. The van der Waals surface area contributed by atoms with E-state index < -0.39 is 0 Å². The quantitative estimate of drug-likeness (QED) is 0.0979. The van der Waals surface area contributed by atoms with Crippen molar-refractivity contribution in [1.29, 1.82) is 0 Å². The van der Waals surface area contributed by atoms with Gasteiger partial charge >= 0.3 is 0 Å². The average molecular weight is 1920 g/mol. The summed E-state index contributed by atoms with van der Waals surface area (Å²) in [6.07, 6.45) is 0. The fraction of sp³-hybridized carbons (Fsp3) is 0. The molecule has 150 heavy (non-hydrogen) atoms. The molecule has 0 radical (unpaired) electrons. The van der Waals surface area contributed by atoms with Crippen LogP contribution in [-0.2, 0) is 0 Å². The minimum atomic E-state index is 0.583. The average Bonchev–Trinajstić information content (AvgIpc) is 1.59. The molecule has 15 nitrogen and oxygen atoms in total. The van der Waals surface area contributed by atoms with Crippen molar-refractivity contribution in [2.45, 2.75) is 0 Å². The first-order chi connectivity index (χ1) is 74.4. The lowest BCUT2D eigenvalue weighted by molar-refractivity contribution is 0.952. The number of rotatable bonds is 15. The molecule has 0 saturated heterocycles. The van der Waals surface area contributed by atoms with Crippen LogP contribution in [0.4, 0.5) is 0 Å².